The number of hydrogen-bond donors (Lipinski definition) is 0. The Kier molecular flexibility index (Phi) is 19.7. The van der Waals surface area contributed by atoms with Gasteiger partial charge in [-0.05, 0) is 131 Å². The number of imidazole rings is 1. The summed E-state index contributed by atoms with van der Waals surface area (Å²) in [5, 5.41) is 17.7. The van der Waals surface area contributed by atoms with Gasteiger partial charge in [0.15, 0.2) is 0 Å². The summed E-state index contributed by atoms with van der Waals surface area (Å²) in [6.45, 7) is 6.78. The second-order valence-electron chi connectivity index (χ2n) is 36.6. The Morgan fingerprint density at radius 3 is 1.10 bits per heavy atom. The third-order valence-corrected chi connectivity index (χ3v) is 32.1. The fourth-order valence-electron chi connectivity index (χ4n) is 20.7. The summed E-state index contributed by atoms with van der Waals surface area (Å²) in [7, 11) is 0. The maximum Gasteiger partial charge on any atom is 0.235 e. The van der Waals surface area contributed by atoms with E-state index in [0.717, 1.165) is 117 Å². The molecule has 0 bridgehead atoms. The standard InChI is InChI=1S/C44H33N3S.C41H25N5S.C40H23N3S2/c1-44(2,3)32-21-18-28(19-22-32)31-20-23-35-39(26-31)47(38-25-24-34-33-16-10-11-17-40(33)48-42(34)41(35)38)43-45-36(29-12-6-4-7-13-29)27-37(46-43)30-14-8-5-9-15-30;1-2-13-28(14-3-1)45-35-19-8-6-17-33(35)43-40(45)27-12-10-11-26(25-27)32-23-24-42-41(44-32)46-34-18-7-4-16-31(34)38-36(46)22-21-30-29-15-5-9-20-37(29)47-39(30)38;1-2-11-24(12-3-1)31-23-32(29-17-10-16-27-25-13-5-8-19-35(25)44-38(27)29)42-40(41-31)43-33-18-7-4-15-30(33)37-34(43)22-21-28-26-14-6-9-20-36(26)45-39(28)37/h4-27H,1-3H3;1-25H;1-23H. The van der Waals surface area contributed by atoms with E-state index in [4.69, 9.17) is 34.9 Å². The van der Waals surface area contributed by atoms with Gasteiger partial charge >= 0.3 is 0 Å². The van der Waals surface area contributed by atoms with Crippen LogP contribution in [0.2, 0.25) is 0 Å². The molecule has 11 nitrogen and oxygen atoms in total. The molecule has 29 rings (SSSR count). The van der Waals surface area contributed by atoms with Crippen LogP contribution in [0.25, 0.3) is 259 Å². The normalized spacial score (nSPS) is 12.0. The predicted octanol–water partition coefficient (Wildman–Crippen LogP) is 34.5. The predicted molar refractivity (Wildman–Crippen MR) is 592 cm³/mol. The SMILES string of the molecule is CC(C)(C)c1ccc(-c2ccc3c4c5sc6ccccc6c5ccc4n(-c4nc(-c5ccccc5)cc(-c5ccccc5)n4)c3c2)cc1.c1ccc(-c2cc(-c3cccc4c3sc3ccccc34)nc(-n3c4ccccc4c4c5sc6ccccc6c5ccc43)n2)cc1.c1ccc(-n2c(-c3cccc(-c4ccnc(-n5c6ccccc6c6c7sc8ccccc8c7ccc65)n4)c3)nc3ccccc32)cc1. The van der Waals surface area contributed by atoms with Gasteiger partial charge in [0.1, 0.15) is 5.82 Å². The summed E-state index contributed by atoms with van der Waals surface area (Å²) in [4.78, 5) is 36.4. The van der Waals surface area contributed by atoms with Crippen LogP contribution in [0.5, 0.6) is 0 Å². The Morgan fingerprint density at radius 2 is 0.586 bits per heavy atom. The summed E-state index contributed by atoms with van der Waals surface area (Å²) in [5.41, 5.74) is 24.3. The Hall–Kier alpha value is -17.1. The van der Waals surface area contributed by atoms with E-state index in [9.17, 15) is 0 Å². The summed E-state index contributed by atoms with van der Waals surface area (Å²) < 4.78 is 19.3. The first-order valence-corrected chi connectivity index (χ1v) is 50.3. The molecular weight excluding hydrogens is 1780 g/mol. The number of fused-ring (bicyclic) bond motifs is 25. The van der Waals surface area contributed by atoms with Gasteiger partial charge in [-0.2, -0.15) is 0 Å². The lowest BCUT2D eigenvalue weighted by Crippen LogP contribution is -2.10. The average molecular weight is 1870 g/mol. The van der Waals surface area contributed by atoms with Crippen molar-refractivity contribution in [3.63, 3.8) is 0 Å². The maximum absolute atomic E-state index is 5.38. The third-order valence-electron chi connectivity index (χ3n) is 27.3. The molecule has 0 fully saturated rings. The highest BCUT2D eigenvalue weighted by molar-refractivity contribution is 7.28. The zero-order valence-corrected chi connectivity index (χ0v) is 79.4. The van der Waals surface area contributed by atoms with Gasteiger partial charge < -0.3 is 0 Å². The lowest BCUT2D eigenvalue weighted by atomic mass is 9.86. The van der Waals surface area contributed by atoms with Crippen LogP contribution in [-0.2, 0) is 5.41 Å². The van der Waals surface area contributed by atoms with E-state index in [1.54, 1.807) is 0 Å². The van der Waals surface area contributed by atoms with Crippen LogP contribution in [0.1, 0.15) is 26.3 Å². The molecular formula is C125H81N11S4. The molecule has 0 saturated heterocycles. The first kappa shape index (κ1) is 82.4. The second-order valence-corrected chi connectivity index (χ2v) is 40.8. The molecule has 29 aromatic rings. The topological polar surface area (TPSA) is 110 Å². The quantitative estimate of drug-likeness (QED) is 0.127. The Morgan fingerprint density at radius 1 is 0.214 bits per heavy atom. The summed E-state index contributed by atoms with van der Waals surface area (Å²) >= 11 is 7.41. The van der Waals surface area contributed by atoms with Crippen LogP contribution >= 0.6 is 45.3 Å². The summed E-state index contributed by atoms with van der Waals surface area (Å²) in [6.07, 6.45) is 1.86. The van der Waals surface area contributed by atoms with Crippen molar-refractivity contribution < 1.29 is 0 Å². The maximum atomic E-state index is 5.38. The van der Waals surface area contributed by atoms with E-state index in [0.29, 0.717) is 17.8 Å². The van der Waals surface area contributed by atoms with Crippen molar-refractivity contribution in [2.45, 2.75) is 26.2 Å². The van der Waals surface area contributed by atoms with Gasteiger partial charge in [0, 0.05) is 158 Å². The van der Waals surface area contributed by atoms with Crippen LogP contribution in [-0.4, -0.2) is 53.2 Å². The highest BCUT2D eigenvalue weighted by atomic mass is 32.1. The zero-order chi connectivity index (χ0) is 92.8. The van der Waals surface area contributed by atoms with Crippen LogP contribution in [0.15, 0.2) is 437 Å². The van der Waals surface area contributed by atoms with Gasteiger partial charge in [-0.25, -0.2) is 34.9 Å². The van der Waals surface area contributed by atoms with E-state index in [1.165, 1.54) is 130 Å². The molecule has 0 atom stereocenters. The van der Waals surface area contributed by atoms with Crippen molar-refractivity contribution in [1.82, 2.24) is 53.2 Å². The first-order valence-electron chi connectivity index (χ1n) is 47.0. The monoisotopic (exact) mass is 1860 g/mol. The largest absolute Gasteiger partial charge is 0.292 e. The molecule has 660 valence electrons. The minimum atomic E-state index is 0.0993. The number of hydrogen-bond acceptors (Lipinski definition) is 11. The average Bonchev–Trinajstić information content (AvgIpc) is 1.56. The lowest BCUT2D eigenvalue weighted by molar-refractivity contribution is 0.590. The van der Waals surface area contributed by atoms with Gasteiger partial charge in [-0.1, -0.05) is 342 Å². The molecule has 0 unspecified atom stereocenters. The third kappa shape index (κ3) is 13.9. The molecule has 15 heteroatoms. The molecule has 0 saturated carbocycles. The number of aromatic nitrogens is 11. The van der Waals surface area contributed by atoms with Gasteiger partial charge in [-0.15, -0.1) is 45.3 Å². The van der Waals surface area contributed by atoms with Crippen molar-refractivity contribution in [3.05, 3.63) is 442 Å². The second kappa shape index (κ2) is 33.4. The molecule has 140 heavy (non-hydrogen) atoms. The van der Waals surface area contributed by atoms with Gasteiger partial charge in [0.25, 0.3) is 0 Å². The summed E-state index contributed by atoms with van der Waals surface area (Å²) in [5.74, 6) is 2.88. The number of thiophene rings is 4. The molecule has 0 aliphatic heterocycles. The minimum absolute atomic E-state index is 0.0993. The molecule has 0 amide bonds. The molecule has 0 radical (unpaired) electrons. The van der Waals surface area contributed by atoms with Crippen LogP contribution in [0.3, 0.4) is 0 Å². The van der Waals surface area contributed by atoms with Crippen molar-refractivity contribution in [1.29, 1.82) is 0 Å². The fraction of sp³-hybridized carbons (Fsp3) is 0.0320. The molecule has 18 aromatic carbocycles. The number of rotatable bonds is 11. The van der Waals surface area contributed by atoms with Crippen LogP contribution in [0.4, 0.5) is 0 Å². The Balaban J connectivity index is 0.000000105. The molecule has 11 heterocycles. The Labute approximate surface area is 820 Å². The number of para-hydroxylation sites is 5. The van der Waals surface area contributed by atoms with E-state index in [-0.39, 0.29) is 5.41 Å². The fourth-order valence-corrected chi connectivity index (χ4v) is 25.7. The lowest BCUT2D eigenvalue weighted by Gasteiger charge is -2.19. The zero-order valence-electron chi connectivity index (χ0n) is 76.1. The number of nitrogens with zero attached hydrogens (tertiary/aromatic N) is 11. The number of benzene rings is 18. The molecule has 0 aliphatic rings. The van der Waals surface area contributed by atoms with Crippen molar-refractivity contribution in [2.75, 3.05) is 0 Å². The highest BCUT2D eigenvalue weighted by Crippen LogP contribution is 2.50. The van der Waals surface area contributed by atoms with Gasteiger partial charge in [0.2, 0.25) is 17.8 Å². The van der Waals surface area contributed by atoms with Crippen molar-refractivity contribution in [3.8, 4) is 102 Å². The van der Waals surface area contributed by atoms with E-state index in [1.807, 2.05) is 87.9 Å². The van der Waals surface area contributed by atoms with E-state index in [2.05, 4.69) is 433 Å². The van der Waals surface area contributed by atoms with Gasteiger partial charge in [0.05, 0.1) is 72.6 Å². The highest BCUT2D eigenvalue weighted by Gasteiger charge is 2.28. The molecule has 11 aromatic heterocycles. The molecule has 0 spiro atoms. The smallest absolute Gasteiger partial charge is 0.235 e. The van der Waals surface area contributed by atoms with E-state index >= 15 is 0 Å². The first-order chi connectivity index (χ1) is 69.0. The minimum Gasteiger partial charge on any atom is -0.292 e. The molecule has 0 aliphatic carbocycles. The van der Waals surface area contributed by atoms with Crippen LogP contribution in [0, 0.1) is 0 Å². The summed E-state index contributed by atoms with van der Waals surface area (Å²) in [6, 6.07) is 153. The van der Waals surface area contributed by atoms with E-state index < -0.39 is 0 Å². The van der Waals surface area contributed by atoms with Crippen molar-refractivity contribution in [2.24, 2.45) is 0 Å². The van der Waals surface area contributed by atoms with Gasteiger partial charge in [-0.3, -0.25) is 18.3 Å². The molecule has 0 N–H and O–H groups in total. The van der Waals surface area contributed by atoms with Crippen molar-refractivity contribution >= 4 is 202 Å². The Bertz CT molecular complexity index is 9960. The van der Waals surface area contributed by atoms with Crippen LogP contribution < -0.4 is 0 Å².